The predicted octanol–water partition coefficient (Wildman–Crippen LogP) is 1.43. The number of carbonyl (C=O) groups excluding carboxylic acids is 1. The van der Waals surface area contributed by atoms with Crippen LogP contribution in [-0.4, -0.2) is 11.3 Å². The van der Waals surface area contributed by atoms with Gasteiger partial charge in [0, 0.05) is 18.3 Å². The minimum absolute atomic E-state index is 0.205. The van der Waals surface area contributed by atoms with Crippen LogP contribution < -0.4 is 5.73 Å². The van der Waals surface area contributed by atoms with Gasteiger partial charge in [0.1, 0.15) is 11.5 Å². The molecular formula is C8H7F3N2O. The Bertz CT molecular complexity index is 355. The smallest absolute Gasteiger partial charge is 0.280 e. The zero-order valence-corrected chi connectivity index (χ0v) is 7.01. The normalized spacial score (nSPS) is 10.6. The molecule has 0 unspecified atom stereocenters. The third-order valence-corrected chi connectivity index (χ3v) is 1.71. The highest BCUT2D eigenvalue weighted by atomic mass is 19.3. The fourth-order valence-electron chi connectivity index (χ4n) is 1.02. The lowest BCUT2D eigenvalue weighted by Crippen LogP contribution is -2.09. The molecule has 0 aliphatic carbocycles. The van der Waals surface area contributed by atoms with Crippen LogP contribution in [0, 0.1) is 5.82 Å². The molecule has 1 rings (SSSR count). The Kier molecular flexibility index (Phi) is 3.19. The molecule has 0 fully saturated rings. The largest absolute Gasteiger partial charge is 0.326 e. The Balaban J connectivity index is 3.35. The number of hydrogen-bond donors (Lipinski definition) is 1. The van der Waals surface area contributed by atoms with E-state index in [1.54, 1.807) is 0 Å². The minimum atomic E-state index is -2.90. The maximum absolute atomic E-state index is 13.2. The molecule has 0 bridgehead atoms. The summed E-state index contributed by atoms with van der Waals surface area (Å²) in [7, 11) is 0. The minimum Gasteiger partial charge on any atom is -0.326 e. The van der Waals surface area contributed by atoms with E-state index in [0.29, 0.717) is 0 Å². The molecule has 6 heteroatoms. The highest BCUT2D eigenvalue weighted by Crippen LogP contribution is 2.23. The van der Waals surface area contributed by atoms with E-state index >= 15 is 0 Å². The van der Waals surface area contributed by atoms with Crippen molar-refractivity contribution in [3.05, 3.63) is 28.8 Å². The van der Waals surface area contributed by atoms with Crippen molar-refractivity contribution in [1.29, 1.82) is 0 Å². The van der Waals surface area contributed by atoms with E-state index in [4.69, 9.17) is 5.73 Å². The molecule has 0 aliphatic heterocycles. The van der Waals surface area contributed by atoms with E-state index in [2.05, 4.69) is 4.98 Å². The first-order valence-corrected chi connectivity index (χ1v) is 3.72. The molecule has 0 aliphatic rings. The Hall–Kier alpha value is -1.43. The summed E-state index contributed by atoms with van der Waals surface area (Å²) in [5, 5.41) is 0. The van der Waals surface area contributed by atoms with Gasteiger partial charge in [-0.3, -0.25) is 9.78 Å². The standard InChI is InChI=1S/C8H7F3N2O/c9-6-4(3-14)2-13-7(8(10)11)5(6)1-12/h2-3,8H,1,12H2. The van der Waals surface area contributed by atoms with Gasteiger partial charge in [-0.15, -0.1) is 0 Å². The molecule has 0 spiro atoms. The number of nitrogens with zero attached hydrogens (tertiary/aromatic N) is 1. The van der Waals surface area contributed by atoms with Crippen molar-refractivity contribution < 1.29 is 18.0 Å². The first-order valence-electron chi connectivity index (χ1n) is 3.72. The van der Waals surface area contributed by atoms with Crippen LogP contribution in [0.15, 0.2) is 6.20 Å². The molecule has 0 saturated heterocycles. The Labute approximate surface area is 77.7 Å². The fraction of sp³-hybridized carbons (Fsp3) is 0.250. The second-order valence-electron chi connectivity index (χ2n) is 2.51. The molecule has 0 aromatic carbocycles. The molecule has 0 saturated carbocycles. The molecule has 3 nitrogen and oxygen atoms in total. The number of pyridine rings is 1. The molecule has 1 aromatic rings. The number of nitrogens with two attached hydrogens (primary N) is 1. The molecule has 1 aromatic heterocycles. The van der Waals surface area contributed by atoms with Crippen molar-refractivity contribution in [3.8, 4) is 0 Å². The first kappa shape index (κ1) is 10.6. The molecular weight excluding hydrogens is 197 g/mol. The van der Waals surface area contributed by atoms with E-state index in [0.717, 1.165) is 6.20 Å². The van der Waals surface area contributed by atoms with Crippen molar-refractivity contribution in [1.82, 2.24) is 4.98 Å². The summed E-state index contributed by atoms with van der Waals surface area (Å²) >= 11 is 0. The molecule has 76 valence electrons. The highest BCUT2D eigenvalue weighted by Gasteiger charge is 2.19. The molecule has 14 heavy (non-hydrogen) atoms. The van der Waals surface area contributed by atoms with E-state index < -0.39 is 30.0 Å². The summed E-state index contributed by atoms with van der Waals surface area (Å²) in [4.78, 5) is 13.5. The lowest BCUT2D eigenvalue weighted by atomic mass is 10.1. The summed E-state index contributed by atoms with van der Waals surface area (Å²) in [6, 6.07) is 0. The Morgan fingerprint density at radius 2 is 2.21 bits per heavy atom. The van der Waals surface area contributed by atoms with E-state index in [1.165, 1.54) is 0 Å². The predicted molar refractivity (Wildman–Crippen MR) is 42.4 cm³/mol. The highest BCUT2D eigenvalue weighted by molar-refractivity contribution is 5.75. The zero-order chi connectivity index (χ0) is 10.7. The van der Waals surface area contributed by atoms with Gasteiger partial charge in [0.15, 0.2) is 6.29 Å². The van der Waals surface area contributed by atoms with E-state index in [9.17, 15) is 18.0 Å². The van der Waals surface area contributed by atoms with Crippen LogP contribution in [-0.2, 0) is 6.54 Å². The van der Waals surface area contributed by atoms with Gasteiger partial charge in [-0.1, -0.05) is 0 Å². The number of halogens is 3. The van der Waals surface area contributed by atoms with Crippen LogP contribution in [0.4, 0.5) is 13.2 Å². The average Bonchev–Trinajstić information content (AvgIpc) is 2.17. The van der Waals surface area contributed by atoms with Crippen LogP contribution in [0.3, 0.4) is 0 Å². The lowest BCUT2D eigenvalue weighted by Gasteiger charge is -2.07. The lowest BCUT2D eigenvalue weighted by molar-refractivity contribution is 0.111. The molecule has 1 heterocycles. The number of alkyl halides is 2. The quantitative estimate of drug-likeness (QED) is 0.757. The number of hydrogen-bond acceptors (Lipinski definition) is 3. The van der Waals surface area contributed by atoms with Gasteiger partial charge < -0.3 is 5.73 Å². The van der Waals surface area contributed by atoms with E-state index in [-0.39, 0.29) is 11.8 Å². The number of rotatable bonds is 3. The second kappa shape index (κ2) is 4.19. The monoisotopic (exact) mass is 204 g/mol. The summed E-state index contributed by atoms with van der Waals surface area (Å²) in [5.74, 6) is -1.02. The van der Waals surface area contributed by atoms with Gasteiger partial charge in [-0.05, 0) is 0 Å². The maximum Gasteiger partial charge on any atom is 0.280 e. The summed E-state index contributed by atoms with van der Waals surface area (Å²) < 4.78 is 37.7. The van der Waals surface area contributed by atoms with Gasteiger partial charge in [-0.25, -0.2) is 13.2 Å². The number of aromatic nitrogens is 1. The van der Waals surface area contributed by atoms with Gasteiger partial charge >= 0.3 is 0 Å². The van der Waals surface area contributed by atoms with Gasteiger partial charge in [-0.2, -0.15) is 0 Å². The average molecular weight is 204 g/mol. The van der Waals surface area contributed by atoms with Gasteiger partial charge in [0.05, 0.1) is 5.56 Å². The molecule has 0 atom stereocenters. The van der Waals surface area contributed by atoms with Crippen LogP contribution in [0.2, 0.25) is 0 Å². The maximum atomic E-state index is 13.2. The summed E-state index contributed by atoms with van der Waals surface area (Å²) in [6.45, 7) is -0.416. The van der Waals surface area contributed by atoms with Crippen molar-refractivity contribution in [3.63, 3.8) is 0 Å². The number of carbonyl (C=O) groups is 1. The molecule has 2 N–H and O–H groups in total. The van der Waals surface area contributed by atoms with Crippen molar-refractivity contribution in [2.24, 2.45) is 5.73 Å². The van der Waals surface area contributed by atoms with Crippen LogP contribution >= 0.6 is 0 Å². The van der Waals surface area contributed by atoms with Crippen LogP contribution in [0.1, 0.15) is 28.0 Å². The third-order valence-electron chi connectivity index (χ3n) is 1.71. The summed E-state index contributed by atoms with van der Waals surface area (Å²) in [6.07, 6.45) is -1.93. The van der Waals surface area contributed by atoms with E-state index in [1.807, 2.05) is 0 Å². The second-order valence-corrected chi connectivity index (χ2v) is 2.51. The fourth-order valence-corrected chi connectivity index (χ4v) is 1.02. The first-order chi connectivity index (χ1) is 6.61. The summed E-state index contributed by atoms with van der Waals surface area (Å²) in [5.41, 5.74) is 3.59. The van der Waals surface area contributed by atoms with Crippen molar-refractivity contribution in [2.45, 2.75) is 13.0 Å². The zero-order valence-electron chi connectivity index (χ0n) is 7.01. The van der Waals surface area contributed by atoms with Crippen molar-refractivity contribution >= 4 is 6.29 Å². The number of aldehydes is 1. The Morgan fingerprint density at radius 1 is 1.57 bits per heavy atom. The van der Waals surface area contributed by atoms with Crippen LogP contribution in [0.5, 0.6) is 0 Å². The topological polar surface area (TPSA) is 56.0 Å². The Morgan fingerprint density at radius 3 is 2.64 bits per heavy atom. The van der Waals surface area contributed by atoms with Crippen LogP contribution in [0.25, 0.3) is 0 Å². The van der Waals surface area contributed by atoms with Gasteiger partial charge in [0.25, 0.3) is 6.43 Å². The molecule has 0 amide bonds. The van der Waals surface area contributed by atoms with Gasteiger partial charge in [0.2, 0.25) is 0 Å². The third kappa shape index (κ3) is 1.74. The van der Waals surface area contributed by atoms with Crippen molar-refractivity contribution in [2.75, 3.05) is 0 Å². The SMILES string of the molecule is NCc1c(C(F)F)ncc(C=O)c1F. The molecule has 0 radical (unpaired) electrons.